The number of nitrogens with zero attached hydrogens (tertiary/aromatic N) is 3. The third-order valence-electron chi connectivity index (χ3n) is 29.6. The molecule has 0 spiro atoms. The molecular formula is C128H116BN3. The van der Waals surface area contributed by atoms with E-state index in [0.29, 0.717) is 0 Å². The Kier molecular flexibility index (Phi) is 19.3. The van der Waals surface area contributed by atoms with Gasteiger partial charge in [-0.15, -0.1) is 0 Å². The molecule has 2 aliphatic heterocycles. The van der Waals surface area contributed by atoms with Gasteiger partial charge in [0.25, 0.3) is 6.71 Å². The first-order valence-corrected chi connectivity index (χ1v) is 47.6. The topological polar surface area (TPSA) is 11.4 Å². The normalized spacial score (nSPS) is 14.2. The van der Waals surface area contributed by atoms with Crippen LogP contribution in [0.15, 0.2) is 376 Å². The van der Waals surface area contributed by atoms with Crippen LogP contribution >= 0.6 is 0 Å². The smallest absolute Gasteiger partial charge is 0.252 e. The Labute approximate surface area is 782 Å². The SMILES string of the molecule is CC(C)(C)c1cc(-c2ccccc2N2c3ccc(-c4cccc5c4-c4ccccc4C5(c4ccccc4)c4ccccc4)cc3B3c4cc(-c5cccc6c5-c5ccccc5C6(c5ccccc5)c5ccccc5)ccc4N(c4ccccc4-c4cc(C(C)(C)C)cc(C(C)(C)C)c4)c4cc(-n5c6ccc(C(C)(C)C)cc6c6cc(C(C)(C)C)ccc65)cc2c43)cc(C(C)(C)C)c1. The van der Waals surface area contributed by atoms with Crippen LogP contribution < -0.4 is 26.2 Å². The second kappa shape index (κ2) is 30.4. The molecule has 4 heteroatoms. The number of rotatable bonds is 11. The van der Waals surface area contributed by atoms with Gasteiger partial charge in [0.1, 0.15) is 0 Å². The highest BCUT2D eigenvalue weighted by atomic mass is 15.2. The lowest BCUT2D eigenvalue weighted by Gasteiger charge is -2.45. The number of hydrogen-bond donors (Lipinski definition) is 0. The van der Waals surface area contributed by atoms with Crippen molar-refractivity contribution in [1.29, 1.82) is 0 Å². The van der Waals surface area contributed by atoms with E-state index in [1.54, 1.807) is 0 Å². The number of benzene rings is 17. The zero-order chi connectivity index (χ0) is 91.2. The van der Waals surface area contributed by atoms with Crippen LogP contribution in [-0.4, -0.2) is 11.3 Å². The molecule has 0 N–H and O–H groups in total. The standard InChI is InChI=1S/C128H116BN3/c1-121(2,3)89-63-67-112-102(77-89)103-78-90(122(4,5)6)64-68-113(103)130(112)95-79-116-120-117(80-95)132(111-60-38-34-50-97(111)84-71-93(125(13,14)15)76-94(72-84)126(16,17)18)115-66-62-82(99-54-40-58-107-119(99)101-52-32-36-56-105(101)128(107,87-45-27-21-28-46-87)88-47-29-22-30-48-88)74-109(115)129(120)108-73-81(61-65-114(108)131(116)110-59-37-33-49-96(110)83-69-91(123(7,8)9)75-92(70-83)124(10,11)12)98-53-39-57-106-118(98)100-51-31-35-55-104(100)127(106,85-41-23-19-24-42-85)86-43-25-20-26-44-86/h19-80H,1-18H3. The summed E-state index contributed by atoms with van der Waals surface area (Å²) in [5.41, 5.74) is 44.0. The number of fused-ring (bicyclic) bond motifs is 13. The average Bonchev–Trinajstić information content (AvgIpc) is 1.08. The highest BCUT2D eigenvalue weighted by molar-refractivity contribution is 7.00. The predicted octanol–water partition coefficient (Wildman–Crippen LogP) is 32.0. The van der Waals surface area contributed by atoms with Gasteiger partial charge in [-0.25, -0.2) is 0 Å². The van der Waals surface area contributed by atoms with Gasteiger partial charge in [0.2, 0.25) is 0 Å². The van der Waals surface area contributed by atoms with Gasteiger partial charge in [0, 0.05) is 44.6 Å². The Morgan fingerprint density at radius 1 is 0.212 bits per heavy atom. The molecular weight excluding hydrogens is 1590 g/mol. The van der Waals surface area contributed by atoms with Gasteiger partial charge in [-0.05, 0) is 243 Å². The maximum absolute atomic E-state index is 2.73. The molecule has 3 nitrogen and oxygen atoms in total. The van der Waals surface area contributed by atoms with E-state index in [-0.39, 0.29) is 39.2 Å². The Bertz CT molecular complexity index is 7100. The molecule has 3 heterocycles. The molecule has 4 aliphatic rings. The summed E-state index contributed by atoms with van der Waals surface area (Å²) >= 11 is 0. The summed E-state index contributed by atoms with van der Waals surface area (Å²) in [7, 11) is 0. The van der Waals surface area contributed by atoms with E-state index < -0.39 is 10.8 Å². The summed E-state index contributed by atoms with van der Waals surface area (Å²) in [4.78, 5) is 5.46. The number of para-hydroxylation sites is 2. The molecule has 2 aliphatic carbocycles. The van der Waals surface area contributed by atoms with Crippen molar-refractivity contribution in [1.82, 2.24) is 4.57 Å². The van der Waals surface area contributed by atoms with Gasteiger partial charge in [-0.3, -0.25) is 0 Å². The molecule has 0 unspecified atom stereocenters. The molecule has 17 aromatic carbocycles. The molecule has 0 saturated carbocycles. The molecule has 0 bridgehead atoms. The molecule has 0 radical (unpaired) electrons. The first-order valence-electron chi connectivity index (χ1n) is 47.6. The van der Waals surface area contributed by atoms with Crippen molar-refractivity contribution in [2.45, 2.75) is 168 Å². The van der Waals surface area contributed by atoms with Crippen molar-refractivity contribution in [2.24, 2.45) is 0 Å². The number of hydrogen-bond acceptors (Lipinski definition) is 2. The third kappa shape index (κ3) is 13.2. The fourth-order valence-corrected chi connectivity index (χ4v) is 22.8. The van der Waals surface area contributed by atoms with Crippen molar-refractivity contribution < 1.29 is 0 Å². The maximum atomic E-state index is 2.73. The van der Waals surface area contributed by atoms with Crippen molar-refractivity contribution in [3.63, 3.8) is 0 Å². The van der Waals surface area contributed by atoms with Gasteiger partial charge >= 0.3 is 0 Å². The molecule has 18 aromatic rings. The molecule has 0 fully saturated rings. The van der Waals surface area contributed by atoms with Crippen molar-refractivity contribution in [2.75, 3.05) is 9.80 Å². The van der Waals surface area contributed by atoms with Crippen LogP contribution in [0.3, 0.4) is 0 Å². The summed E-state index contributed by atoms with van der Waals surface area (Å²) in [6.07, 6.45) is 0. The van der Waals surface area contributed by atoms with Crippen LogP contribution in [0.25, 0.3) is 94.3 Å². The minimum Gasteiger partial charge on any atom is -0.311 e. The minimum absolute atomic E-state index is 0.114. The van der Waals surface area contributed by atoms with Crippen molar-refractivity contribution >= 4 is 79.0 Å². The quantitative estimate of drug-likeness (QED) is 0.120. The number of aromatic nitrogens is 1. The molecule has 132 heavy (non-hydrogen) atoms. The minimum atomic E-state index is -0.622. The van der Waals surface area contributed by atoms with Crippen LogP contribution in [0, 0.1) is 0 Å². The zero-order valence-corrected chi connectivity index (χ0v) is 79.7. The van der Waals surface area contributed by atoms with E-state index in [2.05, 4.69) is 515 Å². The fraction of sp³-hybridized carbons (Fsp3) is 0.203. The lowest BCUT2D eigenvalue weighted by Crippen LogP contribution is -2.61. The van der Waals surface area contributed by atoms with Crippen LogP contribution in [0.1, 0.15) is 203 Å². The van der Waals surface area contributed by atoms with Crippen LogP contribution in [0.4, 0.5) is 34.1 Å². The second-order valence-corrected chi connectivity index (χ2v) is 44.0. The van der Waals surface area contributed by atoms with Gasteiger partial charge < -0.3 is 14.4 Å². The van der Waals surface area contributed by atoms with E-state index in [0.717, 1.165) is 73.1 Å². The largest absolute Gasteiger partial charge is 0.311 e. The average molecular weight is 1710 g/mol. The van der Waals surface area contributed by atoms with E-state index in [4.69, 9.17) is 0 Å². The molecule has 1 aromatic heterocycles. The summed E-state index contributed by atoms with van der Waals surface area (Å²) in [5, 5.41) is 2.49. The Hall–Kier alpha value is -13.8. The van der Waals surface area contributed by atoms with Gasteiger partial charge in [0.05, 0.1) is 38.9 Å². The summed E-state index contributed by atoms with van der Waals surface area (Å²) in [6.45, 7) is 42.2. The molecule has 22 rings (SSSR count). The lowest BCUT2D eigenvalue weighted by molar-refractivity contribution is 0.568. The maximum Gasteiger partial charge on any atom is 0.252 e. The molecule has 0 amide bonds. The first-order chi connectivity index (χ1) is 63.3. The van der Waals surface area contributed by atoms with E-state index in [1.807, 2.05) is 0 Å². The monoisotopic (exact) mass is 1710 g/mol. The lowest BCUT2D eigenvalue weighted by atomic mass is 9.33. The first kappa shape index (κ1) is 83.8. The summed E-state index contributed by atoms with van der Waals surface area (Å²) in [5.74, 6) is 0. The Morgan fingerprint density at radius 2 is 0.515 bits per heavy atom. The van der Waals surface area contributed by atoms with Crippen molar-refractivity contribution in [3.05, 3.63) is 454 Å². The Balaban J connectivity index is 0.907. The highest BCUT2D eigenvalue weighted by Gasteiger charge is 2.51. The van der Waals surface area contributed by atoms with Crippen LogP contribution in [0.2, 0.25) is 0 Å². The van der Waals surface area contributed by atoms with Gasteiger partial charge in [0.15, 0.2) is 0 Å². The fourth-order valence-electron chi connectivity index (χ4n) is 22.8. The molecule has 646 valence electrons. The third-order valence-corrected chi connectivity index (χ3v) is 29.6. The van der Waals surface area contributed by atoms with Crippen LogP contribution in [0.5, 0.6) is 0 Å². The van der Waals surface area contributed by atoms with Crippen LogP contribution in [-0.2, 0) is 43.3 Å². The Morgan fingerprint density at radius 3 is 0.856 bits per heavy atom. The molecule has 0 atom stereocenters. The molecule has 0 saturated heterocycles. The van der Waals surface area contributed by atoms with Gasteiger partial charge in [-0.1, -0.05) is 440 Å². The van der Waals surface area contributed by atoms with Crippen molar-refractivity contribution in [3.8, 4) is 72.4 Å². The number of anilines is 6. The highest BCUT2D eigenvalue weighted by Crippen LogP contribution is 2.62. The van der Waals surface area contributed by atoms with E-state index in [9.17, 15) is 0 Å². The zero-order valence-electron chi connectivity index (χ0n) is 79.7. The van der Waals surface area contributed by atoms with Gasteiger partial charge in [-0.2, -0.15) is 0 Å². The summed E-state index contributed by atoms with van der Waals surface area (Å²) in [6, 6.07) is 147. The van der Waals surface area contributed by atoms with E-state index >= 15 is 0 Å². The summed E-state index contributed by atoms with van der Waals surface area (Å²) < 4.78 is 2.63. The van der Waals surface area contributed by atoms with E-state index in [1.165, 1.54) is 150 Å². The second-order valence-electron chi connectivity index (χ2n) is 44.0. The predicted molar refractivity (Wildman–Crippen MR) is 563 cm³/mol.